The lowest BCUT2D eigenvalue weighted by Gasteiger charge is -2.19. The summed E-state index contributed by atoms with van der Waals surface area (Å²) in [5, 5.41) is 5.54. The van der Waals surface area contributed by atoms with Gasteiger partial charge in [0.1, 0.15) is 13.2 Å². The van der Waals surface area contributed by atoms with E-state index in [1.165, 1.54) is 11.1 Å². The lowest BCUT2D eigenvalue weighted by atomic mass is 9.90. The van der Waals surface area contributed by atoms with E-state index in [4.69, 9.17) is 9.47 Å². The van der Waals surface area contributed by atoms with Crippen LogP contribution in [0.2, 0.25) is 0 Å². The van der Waals surface area contributed by atoms with E-state index >= 15 is 0 Å². The van der Waals surface area contributed by atoms with E-state index in [0.717, 1.165) is 12.8 Å². The predicted molar refractivity (Wildman–Crippen MR) is 110 cm³/mol. The molecule has 152 valence electrons. The molecule has 1 unspecified atom stereocenters. The molecule has 6 nitrogen and oxygen atoms in total. The van der Waals surface area contributed by atoms with E-state index < -0.39 is 0 Å². The predicted octanol–water partition coefficient (Wildman–Crippen LogP) is 3.40. The van der Waals surface area contributed by atoms with Crippen molar-refractivity contribution in [3.8, 4) is 11.5 Å². The summed E-state index contributed by atoms with van der Waals surface area (Å²) in [4.78, 5) is 24.7. The molecule has 0 aromatic heterocycles. The van der Waals surface area contributed by atoms with Gasteiger partial charge in [-0.25, -0.2) is 0 Å². The fourth-order valence-corrected chi connectivity index (χ4v) is 3.65. The summed E-state index contributed by atoms with van der Waals surface area (Å²) >= 11 is 0. The maximum absolute atomic E-state index is 12.4. The number of nitrogens with one attached hydrogen (secondary N) is 2. The van der Waals surface area contributed by atoms with Gasteiger partial charge in [0.05, 0.1) is 6.54 Å². The highest BCUT2D eigenvalue weighted by atomic mass is 16.6. The third-order valence-electron chi connectivity index (χ3n) is 5.37. The van der Waals surface area contributed by atoms with Crippen molar-refractivity contribution in [3.05, 3.63) is 53.6 Å². The fraction of sp³-hybridized carbons (Fsp3) is 0.391. The summed E-state index contributed by atoms with van der Waals surface area (Å²) in [5.74, 6) is 1.70. The Balaban J connectivity index is 1.28. The standard InChI is InChI=1S/C23H26N2O4/c1-15-2-4-16(5-3-15)19(17-6-7-17)13-22(26)24-14-23(27)25-18-8-9-20-21(12-18)29-11-10-28-20/h2-5,8-9,12,17,19H,6-7,10-11,13-14H2,1H3,(H,24,26)(H,25,27). The van der Waals surface area contributed by atoms with Crippen molar-refractivity contribution in [1.82, 2.24) is 5.32 Å². The van der Waals surface area contributed by atoms with E-state index in [9.17, 15) is 9.59 Å². The van der Waals surface area contributed by atoms with Crippen molar-refractivity contribution in [3.63, 3.8) is 0 Å². The first-order chi connectivity index (χ1) is 14.1. The van der Waals surface area contributed by atoms with Gasteiger partial charge in [-0.15, -0.1) is 0 Å². The van der Waals surface area contributed by atoms with Crippen molar-refractivity contribution < 1.29 is 19.1 Å². The van der Waals surface area contributed by atoms with Gasteiger partial charge in [0.25, 0.3) is 0 Å². The van der Waals surface area contributed by atoms with E-state index in [1.807, 2.05) is 0 Å². The first kappa shape index (κ1) is 19.3. The molecule has 0 saturated heterocycles. The molecule has 2 N–H and O–H groups in total. The molecule has 0 bridgehead atoms. The highest BCUT2D eigenvalue weighted by Crippen LogP contribution is 2.44. The maximum atomic E-state index is 12.4. The zero-order chi connectivity index (χ0) is 20.2. The molecule has 1 heterocycles. The van der Waals surface area contributed by atoms with Crippen LogP contribution in [0, 0.1) is 12.8 Å². The number of amides is 2. The van der Waals surface area contributed by atoms with Gasteiger partial charge in [-0.3, -0.25) is 9.59 Å². The van der Waals surface area contributed by atoms with E-state index in [0.29, 0.717) is 42.7 Å². The second-order valence-electron chi connectivity index (χ2n) is 7.74. The number of fused-ring (bicyclic) bond motifs is 1. The van der Waals surface area contributed by atoms with Crippen molar-refractivity contribution in [2.24, 2.45) is 5.92 Å². The molecule has 2 aromatic carbocycles. The molecule has 4 rings (SSSR count). The van der Waals surface area contributed by atoms with Crippen LogP contribution in [0.25, 0.3) is 0 Å². The Hall–Kier alpha value is -3.02. The Morgan fingerprint density at radius 1 is 1.00 bits per heavy atom. The SMILES string of the molecule is Cc1ccc(C(CC(=O)NCC(=O)Nc2ccc3c(c2)OCCO3)C2CC2)cc1. The number of anilines is 1. The average Bonchev–Trinajstić information content (AvgIpc) is 3.56. The molecule has 0 radical (unpaired) electrons. The largest absolute Gasteiger partial charge is 0.486 e. The van der Waals surface area contributed by atoms with Crippen molar-refractivity contribution in [2.45, 2.75) is 32.1 Å². The van der Waals surface area contributed by atoms with Gasteiger partial charge in [-0.2, -0.15) is 0 Å². The third-order valence-corrected chi connectivity index (χ3v) is 5.37. The van der Waals surface area contributed by atoms with Crippen LogP contribution in [-0.4, -0.2) is 31.6 Å². The van der Waals surface area contributed by atoms with Crippen molar-refractivity contribution >= 4 is 17.5 Å². The summed E-state index contributed by atoms with van der Waals surface area (Å²) in [7, 11) is 0. The number of hydrogen-bond acceptors (Lipinski definition) is 4. The molecule has 1 saturated carbocycles. The van der Waals surface area contributed by atoms with Gasteiger partial charge >= 0.3 is 0 Å². The molecule has 0 spiro atoms. The zero-order valence-electron chi connectivity index (χ0n) is 16.6. The van der Waals surface area contributed by atoms with E-state index in [-0.39, 0.29) is 24.3 Å². The monoisotopic (exact) mass is 394 g/mol. The van der Waals surface area contributed by atoms with Crippen LogP contribution in [0.3, 0.4) is 0 Å². The molecule has 29 heavy (non-hydrogen) atoms. The van der Waals surface area contributed by atoms with Gasteiger partial charge in [0.2, 0.25) is 11.8 Å². The van der Waals surface area contributed by atoms with Crippen molar-refractivity contribution in [2.75, 3.05) is 25.1 Å². The summed E-state index contributed by atoms with van der Waals surface area (Å²) in [6.07, 6.45) is 2.73. The lowest BCUT2D eigenvalue weighted by molar-refractivity contribution is -0.124. The molecular formula is C23H26N2O4. The smallest absolute Gasteiger partial charge is 0.243 e. The van der Waals surface area contributed by atoms with Gasteiger partial charge in [0, 0.05) is 18.2 Å². The van der Waals surface area contributed by atoms with Crippen molar-refractivity contribution in [1.29, 1.82) is 0 Å². The molecule has 2 amide bonds. The number of rotatable bonds is 7. The van der Waals surface area contributed by atoms with Gasteiger partial charge in [-0.05, 0) is 49.3 Å². The lowest BCUT2D eigenvalue weighted by Crippen LogP contribution is -2.33. The molecular weight excluding hydrogens is 368 g/mol. The normalized spacial score (nSPS) is 16.0. The minimum absolute atomic E-state index is 0.0570. The topological polar surface area (TPSA) is 76.7 Å². The quantitative estimate of drug-likeness (QED) is 0.755. The summed E-state index contributed by atoms with van der Waals surface area (Å²) in [6, 6.07) is 13.7. The molecule has 1 aliphatic heterocycles. The second kappa shape index (κ2) is 8.55. The molecule has 2 aliphatic rings. The average molecular weight is 394 g/mol. The molecule has 1 atom stereocenters. The minimum atomic E-state index is -0.270. The van der Waals surface area contributed by atoms with Crippen LogP contribution in [0.4, 0.5) is 5.69 Å². The van der Waals surface area contributed by atoms with Crippen LogP contribution in [0.15, 0.2) is 42.5 Å². The van der Waals surface area contributed by atoms with E-state index in [2.05, 4.69) is 41.8 Å². The van der Waals surface area contributed by atoms with Crippen LogP contribution >= 0.6 is 0 Å². The Morgan fingerprint density at radius 3 is 2.45 bits per heavy atom. The third kappa shape index (κ3) is 5.08. The Morgan fingerprint density at radius 2 is 1.72 bits per heavy atom. The number of hydrogen-bond donors (Lipinski definition) is 2. The van der Waals surface area contributed by atoms with E-state index in [1.54, 1.807) is 18.2 Å². The summed E-state index contributed by atoms with van der Waals surface area (Å²) in [5.41, 5.74) is 3.03. The second-order valence-corrected chi connectivity index (χ2v) is 7.74. The number of carbonyl (C=O) groups is 2. The maximum Gasteiger partial charge on any atom is 0.243 e. The highest BCUT2D eigenvalue weighted by molar-refractivity contribution is 5.94. The molecule has 6 heteroatoms. The summed E-state index contributed by atoms with van der Waals surface area (Å²) < 4.78 is 11.0. The Bertz CT molecular complexity index is 890. The summed E-state index contributed by atoms with van der Waals surface area (Å²) in [6.45, 7) is 3.01. The van der Waals surface area contributed by atoms with Crippen LogP contribution in [-0.2, 0) is 9.59 Å². The first-order valence-corrected chi connectivity index (χ1v) is 10.1. The Labute approximate surface area is 170 Å². The van der Waals surface area contributed by atoms with Gasteiger partial charge < -0.3 is 20.1 Å². The number of ether oxygens (including phenoxy) is 2. The zero-order valence-corrected chi connectivity index (χ0v) is 16.6. The number of benzene rings is 2. The Kier molecular flexibility index (Phi) is 5.69. The minimum Gasteiger partial charge on any atom is -0.486 e. The molecule has 1 aliphatic carbocycles. The van der Waals surface area contributed by atoms with Crippen LogP contribution in [0.5, 0.6) is 11.5 Å². The number of carbonyl (C=O) groups excluding carboxylic acids is 2. The van der Waals surface area contributed by atoms with Gasteiger partial charge in [-0.1, -0.05) is 29.8 Å². The van der Waals surface area contributed by atoms with Crippen LogP contribution < -0.4 is 20.1 Å². The first-order valence-electron chi connectivity index (χ1n) is 10.1. The molecule has 2 aromatic rings. The van der Waals surface area contributed by atoms with Gasteiger partial charge in [0.15, 0.2) is 11.5 Å². The van der Waals surface area contributed by atoms with Crippen LogP contribution in [0.1, 0.15) is 36.3 Å². The molecule has 1 fully saturated rings. The fourth-order valence-electron chi connectivity index (χ4n) is 3.65. The number of aryl methyl sites for hydroxylation is 1. The highest BCUT2D eigenvalue weighted by Gasteiger charge is 2.33.